The lowest BCUT2D eigenvalue weighted by molar-refractivity contribution is -0.137. The monoisotopic (exact) mass is 350 g/mol. The second-order valence-corrected chi connectivity index (χ2v) is 6.18. The maximum atomic E-state index is 12.8. The van der Waals surface area contributed by atoms with Gasteiger partial charge >= 0.3 is 0 Å². The van der Waals surface area contributed by atoms with Crippen molar-refractivity contribution in [1.29, 1.82) is 0 Å². The number of carbonyl (C=O) groups excluding carboxylic acids is 3. The van der Waals surface area contributed by atoms with Crippen LogP contribution in [0, 0.1) is 0 Å². The van der Waals surface area contributed by atoms with Crippen LogP contribution in [-0.2, 0) is 14.3 Å². The van der Waals surface area contributed by atoms with Gasteiger partial charge in [-0.15, -0.1) is 0 Å². The smallest absolute Gasteiger partial charge is 0.258 e. The lowest BCUT2D eigenvalue weighted by Gasteiger charge is -2.34. The highest BCUT2D eigenvalue weighted by molar-refractivity contribution is 9.10. The van der Waals surface area contributed by atoms with E-state index in [1.165, 1.54) is 4.90 Å². The van der Waals surface area contributed by atoms with Crippen LogP contribution in [0.5, 0.6) is 0 Å². The summed E-state index contributed by atoms with van der Waals surface area (Å²) in [5, 5.41) is 2.29. The fraction of sp³-hybridized carbons (Fsp3) is 0.357. The summed E-state index contributed by atoms with van der Waals surface area (Å²) in [6.07, 6.45) is -0.00716. The molecule has 3 atom stereocenters. The molecular weight excluding hydrogens is 340 g/mol. The molecular formula is C14H11BrN2O4. The van der Waals surface area contributed by atoms with E-state index in [1.807, 2.05) is 12.1 Å². The number of rotatable bonds is 1. The molecule has 3 amide bonds. The second-order valence-electron chi connectivity index (χ2n) is 5.33. The molecule has 0 aromatic heterocycles. The first-order valence-electron chi connectivity index (χ1n) is 6.68. The second kappa shape index (κ2) is 4.38. The Bertz CT molecular complexity index is 690. The van der Waals surface area contributed by atoms with Gasteiger partial charge in [0.15, 0.2) is 6.23 Å². The van der Waals surface area contributed by atoms with Crippen LogP contribution in [0.4, 0.5) is 0 Å². The van der Waals surface area contributed by atoms with Crippen LogP contribution < -0.4 is 5.32 Å². The van der Waals surface area contributed by atoms with E-state index in [1.54, 1.807) is 6.07 Å². The Labute approximate surface area is 128 Å². The average Bonchev–Trinajstić information content (AvgIpc) is 3.21. The Morgan fingerprint density at radius 2 is 2.10 bits per heavy atom. The number of hydrogen-bond acceptors (Lipinski definition) is 4. The Morgan fingerprint density at radius 3 is 2.86 bits per heavy atom. The zero-order valence-electron chi connectivity index (χ0n) is 10.8. The third-order valence-corrected chi connectivity index (χ3v) is 4.75. The number of nitrogens with zero attached hydrogens (tertiary/aromatic N) is 1. The highest BCUT2D eigenvalue weighted by atomic mass is 79.9. The van der Waals surface area contributed by atoms with Gasteiger partial charge in [0.1, 0.15) is 12.1 Å². The van der Waals surface area contributed by atoms with Gasteiger partial charge in [0.2, 0.25) is 11.8 Å². The molecule has 0 saturated carbocycles. The van der Waals surface area contributed by atoms with E-state index in [2.05, 4.69) is 21.2 Å². The van der Waals surface area contributed by atoms with Gasteiger partial charge in [0, 0.05) is 10.9 Å². The SMILES string of the molecule is O=C1CCC(N2C(=O)c3c(Br)cccc3C3OC32)C(=O)N1. The Hall–Kier alpha value is -1.73. The summed E-state index contributed by atoms with van der Waals surface area (Å²) in [6.45, 7) is 0. The number of carbonyl (C=O) groups is 3. The zero-order valence-corrected chi connectivity index (χ0v) is 12.4. The van der Waals surface area contributed by atoms with Crippen LogP contribution in [0.25, 0.3) is 0 Å². The molecule has 2 fully saturated rings. The summed E-state index contributed by atoms with van der Waals surface area (Å²) in [4.78, 5) is 37.5. The van der Waals surface area contributed by atoms with Crippen molar-refractivity contribution in [1.82, 2.24) is 10.2 Å². The zero-order chi connectivity index (χ0) is 14.7. The van der Waals surface area contributed by atoms with Crippen LogP contribution in [-0.4, -0.2) is 34.9 Å². The molecule has 4 rings (SSSR count). The number of halogens is 1. The van der Waals surface area contributed by atoms with Gasteiger partial charge in [0.25, 0.3) is 5.91 Å². The maximum Gasteiger partial charge on any atom is 0.258 e. The van der Waals surface area contributed by atoms with Crippen molar-refractivity contribution in [3.63, 3.8) is 0 Å². The molecule has 1 aromatic rings. The number of ether oxygens (including phenoxy) is 1. The van der Waals surface area contributed by atoms with Crippen LogP contribution in [0.2, 0.25) is 0 Å². The van der Waals surface area contributed by atoms with Gasteiger partial charge in [-0.1, -0.05) is 12.1 Å². The molecule has 0 aliphatic carbocycles. The summed E-state index contributed by atoms with van der Waals surface area (Å²) < 4.78 is 6.28. The number of epoxide rings is 1. The van der Waals surface area contributed by atoms with E-state index in [0.717, 1.165) is 5.56 Å². The average molecular weight is 351 g/mol. The molecule has 0 bridgehead atoms. The molecule has 3 heterocycles. The maximum absolute atomic E-state index is 12.8. The minimum absolute atomic E-state index is 0.180. The van der Waals surface area contributed by atoms with E-state index < -0.39 is 18.2 Å². The largest absolute Gasteiger partial charge is 0.342 e. The Morgan fingerprint density at radius 1 is 1.29 bits per heavy atom. The number of nitrogens with one attached hydrogen (secondary N) is 1. The highest BCUT2D eigenvalue weighted by Gasteiger charge is 2.56. The molecule has 1 N–H and O–H groups in total. The van der Waals surface area contributed by atoms with Crippen LogP contribution in [0.1, 0.15) is 34.9 Å². The van der Waals surface area contributed by atoms with Crippen molar-refractivity contribution in [3.05, 3.63) is 33.8 Å². The van der Waals surface area contributed by atoms with Crippen molar-refractivity contribution >= 4 is 33.7 Å². The number of fused-ring (bicyclic) bond motifs is 3. The Balaban J connectivity index is 1.73. The number of amides is 3. The van der Waals surface area contributed by atoms with Crippen molar-refractivity contribution in [2.75, 3.05) is 0 Å². The number of imide groups is 1. The third kappa shape index (κ3) is 1.84. The molecule has 3 unspecified atom stereocenters. The number of piperidine rings is 1. The van der Waals surface area contributed by atoms with Crippen molar-refractivity contribution < 1.29 is 19.1 Å². The summed E-state index contributed by atoms with van der Waals surface area (Å²) >= 11 is 3.39. The third-order valence-electron chi connectivity index (χ3n) is 4.09. The van der Waals surface area contributed by atoms with Crippen molar-refractivity contribution in [2.24, 2.45) is 0 Å². The molecule has 0 spiro atoms. The van der Waals surface area contributed by atoms with E-state index in [9.17, 15) is 14.4 Å². The first kappa shape index (κ1) is 13.0. The van der Waals surface area contributed by atoms with Gasteiger partial charge in [-0.25, -0.2) is 0 Å². The predicted octanol–water partition coefficient (Wildman–Crippen LogP) is 1.11. The summed E-state index contributed by atoms with van der Waals surface area (Å²) in [5.41, 5.74) is 1.39. The molecule has 108 valence electrons. The van der Waals surface area contributed by atoms with Crippen LogP contribution in [0.3, 0.4) is 0 Å². The lowest BCUT2D eigenvalue weighted by Crippen LogP contribution is -2.56. The van der Waals surface area contributed by atoms with E-state index in [0.29, 0.717) is 16.5 Å². The molecule has 21 heavy (non-hydrogen) atoms. The predicted molar refractivity (Wildman–Crippen MR) is 74.1 cm³/mol. The highest BCUT2D eigenvalue weighted by Crippen LogP contribution is 2.49. The standard InChI is InChI=1S/C14H11BrN2O4/c15-7-3-1-2-6-10(7)13(20)17(14-11(6)21-14)8-4-5-9(18)16-12(8)19/h1-3,8,11,14H,4-5H2,(H,16,18,19). The van der Waals surface area contributed by atoms with Crippen LogP contribution in [0.15, 0.2) is 22.7 Å². The molecule has 2 saturated heterocycles. The lowest BCUT2D eigenvalue weighted by atomic mass is 9.95. The molecule has 3 aliphatic heterocycles. The minimum atomic E-state index is -0.648. The van der Waals surface area contributed by atoms with Gasteiger partial charge in [-0.05, 0) is 34.0 Å². The molecule has 1 aromatic carbocycles. The quantitative estimate of drug-likeness (QED) is 0.607. The topological polar surface area (TPSA) is 79.0 Å². The first-order chi connectivity index (χ1) is 10.1. The molecule has 7 heteroatoms. The summed E-state index contributed by atoms with van der Waals surface area (Å²) in [5.74, 6) is -0.953. The number of benzene rings is 1. The van der Waals surface area contributed by atoms with Gasteiger partial charge in [-0.2, -0.15) is 0 Å². The molecule has 3 aliphatic rings. The van der Waals surface area contributed by atoms with Gasteiger partial charge in [0.05, 0.1) is 5.56 Å². The van der Waals surface area contributed by atoms with Crippen molar-refractivity contribution in [2.45, 2.75) is 31.2 Å². The summed E-state index contributed by atoms with van der Waals surface area (Å²) in [7, 11) is 0. The normalized spacial score (nSPS) is 30.6. The fourth-order valence-corrected chi connectivity index (χ4v) is 3.61. The van der Waals surface area contributed by atoms with Crippen molar-refractivity contribution in [3.8, 4) is 0 Å². The first-order valence-corrected chi connectivity index (χ1v) is 7.47. The number of hydrogen-bond donors (Lipinski definition) is 1. The summed E-state index contributed by atoms with van der Waals surface area (Å²) in [6, 6.07) is 4.87. The Kier molecular flexibility index (Phi) is 2.71. The van der Waals surface area contributed by atoms with E-state index in [4.69, 9.17) is 4.74 Å². The molecule has 6 nitrogen and oxygen atoms in total. The van der Waals surface area contributed by atoms with Gasteiger partial charge in [-0.3, -0.25) is 24.6 Å². The molecule has 0 radical (unpaired) electrons. The fourth-order valence-electron chi connectivity index (χ4n) is 3.06. The van der Waals surface area contributed by atoms with E-state index in [-0.39, 0.29) is 24.3 Å². The minimum Gasteiger partial charge on any atom is -0.342 e. The van der Waals surface area contributed by atoms with E-state index >= 15 is 0 Å². The van der Waals surface area contributed by atoms with Gasteiger partial charge < -0.3 is 4.74 Å². The van der Waals surface area contributed by atoms with Crippen LogP contribution >= 0.6 is 15.9 Å².